The van der Waals surface area contributed by atoms with E-state index in [0.717, 1.165) is 31.0 Å². The number of ether oxygens (including phenoxy) is 1. The largest absolute Gasteiger partial charge is 0.466 e. The van der Waals surface area contributed by atoms with Gasteiger partial charge in [-0.3, -0.25) is 14.9 Å². The molecule has 7 heteroatoms. The Balaban J connectivity index is 2.31. The minimum Gasteiger partial charge on any atom is -0.466 e. The third-order valence-electron chi connectivity index (χ3n) is 2.83. The van der Waals surface area contributed by atoms with E-state index in [0.29, 0.717) is 26.0 Å². The van der Waals surface area contributed by atoms with Gasteiger partial charge in [-0.15, -0.1) is 0 Å². The Morgan fingerprint density at radius 2 is 2.14 bits per heavy atom. The topological polar surface area (TPSA) is 81.5 Å². The van der Waals surface area contributed by atoms with Crippen LogP contribution in [-0.2, 0) is 9.53 Å². The molecule has 0 unspecified atom stereocenters. The van der Waals surface area contributed by atoms with E-state index in [-0.39, 0.29) is 17.3 Å². The van der Waals surface area contributed by atoms with Crippen LogP contribution in [0, 0.1) is 15.9 Å². The first kappa shape index (κ1) is 16.9. The van der Waals surface area contributed by atoms with Crippen LogP contribution in [0.3, 0.4) is 0 Å². The molecule has 0 aliphatic heterocycles. The van der Waals surface area contributed by atoms with Crippen LogP contribution in [0.15, 0.2) is 18.2 Å². The van der Waals surface area contributed by atoms with Crippen LogP contribution in [0.1, 0.15) is 32.6 Å². The number of halogens is 1. The lowest BCUT2D eigenvalue weighted by atomic mass is 10.2. The molecule has 1 aromatic carbocycles. The molecule has 0 aliphatic carbocycles. The lowest BCUT2D eigenvalue weighted by Crippen LogP contribution is -2.06. The number of benzene rings is 1. The van der Waals surface area contributed by atoms with Gasteiger partial charge < -0.3 is 10.1 Å². The summed E-state index contributed by atoms with van der Waals surface area (Å²) in [5, 5.41) is 13.6. The van der Waals surface area contributed by atoms with Gasteiger partial charge in [-0.2, -0.15) is 0 Å². The Bertz CT molecular complexity index is 494. The van der Waals surface area contributed by atoms with Crippen LogP contribution in [-0.4, -0.2) is 24.0 Å². The molecule has 0 fully saturated rings. The minimum absolute atomic E-state index is 0.150. The number of hydrogen-bond donors (Lipinski definition) is 1. The van der Waals surface area contributed by atoms with Gasteiger partial charge in [0.25, 0.3) is 5.69 Å². The number of carbonyl (C=O) groups excluding carboxylic acids is 1. The first-order chi connectivity index (χ1) is 10.0. The maximum absolute atomic E-state index is 13.1. The third-order valence-corrected chi connectivity index (χ3v) is 2.83. The Hall–Kier alpha value is -2.18. The molecule has 0 spiro atoms. The highest BCUT2D eigenvalue weighted by atomic mass is 19.1. The van der Waals surface area contributed by atoms with Crippen molar-refractivity contribution >= 4 is 17.3 Å². The van der Waals surface area contributed by atoms with Crippen molar-refractivity contribution in [1.29, 1.82) is 0 Å². The maximum atomic E-state index is 13.1. The Labute approximate surface area is 122 Å². The third kappa shape index (κ3) is 6.20. The van der Waals surface area contributed by atoms with Crippen LogP contribution in [0.2, 0.25) is 0 Å². The van der Waals surface area contributed by atoms with Crippen LogP contribution in [0.25, 0.3) is 0 Å². The molecule has 1 N–H and O–H groups in total. The number of esters is 1. The van der Waals surface area contributed by atoms with E-state index in [2.05, 4.69) is 5.32 Å². The fraction of sp³-hybridized carbons (Fsp3) is 0.500. The number of nitro benzene ring substituents is 1. The molecular formula is C14H19FN2O4. The number of hydrogen-bond acceptors (Lipinski definition) is 5. The van der Waals surface area contributed by atoms with Crippen molar-refractivity contribution in [2.45, 2.75) is 32.6 Å². The number of rotatable bonds is 9. The quantitative estimate of drug-likeness (QED) is 0.327. The van der Waals surface area contributed by atoms with E-state index in [1.165, 1.54) is 0 Å². The van der Waals surface area contributed by atoms with Crippen molar-refractivity contribution in [2.75, 3.05) is 18.5 Å². The molecule has 116 valence electrons. The summed E-state index contributed by atoms with van der Waals surface area (Å²) in [5.74, 6) is -0.739. The minimum atomic E-state index is -0.553. The van der Waals surface area contributed by atoms with Gasteiger partial charge in [-0.25, -0.2) is 4.39 Å². The van der Waals surface area contributed by atoms with Crippen molar-refractivity contribution in [3.63, 3.8) is 0 Å². The standard InChI is InChI=1S/C14H19FN2O4/c1-2-21-14(18)6-4-3-5-9-16-12-10-11(15)7-8-13(12)17(19)20/h7-8,10,16H,2-6,9H2,1H3. The smallest absolute Gasteiger partial charge is 0.305 e. The summed E-state index contributed by atoms with van der Waals surface area (Å²) >= 11 is 0. The van der Waals surface area contributed by atoms with Crippen molar-refractivity contribution < 1.29 is 18.8 Å². The van der Waals surface area contributed by atoms with Gasteiger partial charge in [0.15, 0.2) is 0 Å². The number of unbranched alkanes of at least 4 members (excludes halogenated alkanes) is 2. The molecule has 1 aromatic rings. The van der Waals surface area contributed by atoms with E-state index in [1.807, 2.05) is 0 Å². The number of nitrogens with zero attached hydrogens (tertiary/aromatic N) is 1. The monoisotopic (exact) mass is 298 g/mol. The van der Waals surface area contributed by atoms with E-state index >= 15 is 0 Å². The Morgan fingerprint density at radius 3 is 2.81 bits per heavy atom. The molecule has 1 rings (SSSR count). The first-order valence-corrected chi connectivity index (χ1v) is 6.88. The summed E-state index contributed by atoms with van der Waals surface area (Å²) in [6.45, 7) is 2.62. The molecule has 0 atom stereocenters. The summed E-state index contributed by atoms with van der Waals surface area (Å²) in [7, 11) is 0. The summed E-state index contributed by atoms with van der Waals surface area (Å²) < 4.78 is 17.9. The fourth-order valence-electron chi connectivity index (χ4n) is 1.84. The number of nitrogens with one attached hydrogen (secondary N) is 1. The van der Waals surface area contributed by atoms with Crippen LogP contribution in [0.4, 0.5) is 15.8 Å². The lowest BCUT2D eigenvalue weighted by Gasteiger charge is -2.07. The van der Waals surface area contributed by atoms with Crippen molar-refractivity contribution in [3.8, 4) is 0 Å². The zero-order valence-corrected chi connectivity index (χ0v) is 11.9. The van der Waals surface area contributed by atoms with Gasteiger partial charge in [-0.05, 0) is 25.8 Å². The zero-order chi connectivity index (χ0) is 15.7. The van der Waals surface area contributed by atoms with Crippen molar-refractivity contribution in [3.05, 3.63) is 34.1 Å². The predicted molar refractivity (Wildman–Crippen MR) is 76.6 cm³/mol. The van der Waals surface area contributed by atoms with Gasteiger partial charge in [0.1, 0.15) is 11.5 Å². The van der Waals surface area contributed by atoms with Gasteiger partial charge in [0, 0.05) is 25.1 Å². The molecule has 0 radical (unpaired) electrons. The molecule has 0 aliphatic rings. The normalized spacial score (nSPS) is 10.2. The van der Waals surface area contributed by atoms with Gasteiger partial charge in [0.05, 0.1) is 11.5 Å². The molecule has 0 saturated heterocycles. The molecule has 0 heterocycles. The summed E-state index contributed by atoms with van der Waals surface area (Å²) in [4.78, 5) is 21.3. The Kier molecular flexibility index (Phi) is 7.14. The molecular weight excluding hydrogens is 279 g/mol. The van der Waals surface area contributed by atoms with Crippen LogP contribution < -0.4 is 5.32 Å². The Morgan fingerprint density at radius 1 is 1.38 bits per heavy atom. The summed E-state index contributed by atoms with van der Waals surface area (Å²) in [5.41, 5.74) is 0.0216. The zero-order valence-electron chi connectivity index (χ0n) is 11.9. The average Bonchev–Trinajstić information content (AvgIpc) is 2.42. The number of nitro groups is 1. The molecule has 0 aromatic heterocycles. The first-order valence-electron chi connectivity index (χ1n) is 6.88. The van der Waals surface area contributed by atoms with E-state index in [9.17, 15) is 19.3 Å². The second-order valence-corrected chi connectivity index (χ2v) is 4.46. The second kappa shape index (κ2) is 8.89. The SMILES string of the molecule is CCOC(=O)CCCCCNc1cc(F)ccc1[N+](=O)[O-]. The number of carbonyl (C=O) groups is 1. The highest BCUT2D eigenvalue weighted by Crippen LogP contribution is 2.24. The van der Waals surface area contributed by atoms with E-state index in [1.54, 1.807) is 6.92 Å². The van der Waals surface area contributed by atoms with Gasteiger partial charge >= 0.3 is 5.97 Å². The average molecular weight is 298 g/mol. The molecule has 0 bridgehead atoms. The molecule has 6 nitrogen and oxygen atoms in total. The second-order valence-electron chi connectivity index (χ2n) is 4.46. The van der Waals surface area contributed by atoms with Gasteiger partial charge in [0.2, 0.25) is 0 Å². The highest BCUT2D eigenvalue weighted by Gasteiger charge is 2.13. The summed E-state index contributed by atoms with van der Waals surface area (Å²) in [6, 6.07) is 3.30. The van der Waals surface area contributed by atoms with E-state index < -0.39 is 10.7 Å². The fourth-order valence-corrected chi connectivity index (χ4v) is 1.84. The number of anilines is 1. The summed E-state index contributed by atoms with van der Waals surface area (Å²) in [6.07, 6.45) is 2.59. The maximum Gasteiger partial charge on any atom is 0.305 e. The predicted octanol–water partition coefficient (Wildman–Crippen LogP) is 3.27. The molecule has 21 heavy (non-hydrogen) atoms. The highest BCUT2D eigenvalue weighted by molar-refractivity contribution is 5.69. The van der Waals surface area contributed by atoms with E-state index in [4.69, 9.17) is 4.74 Å². The molecule has 0 saturated carbocycles. The van der Waals surface area contributed by atoms with Crippen LogP contribution in [0.5, 0.6) is 0 Å². The lowest BCUT2D eigenvalue weighted by molar-refractivity contribution is -0.384. The van der Waals surface area contributed by atoms with Gasteiger partial charge in [-0.1, -0.05) is 6.42 Å². The van der Waals surface area contributed by atoms with Crippen molar-refractivity contribution in [1.82, 2.24) is 0 Å². The van der Waals surface area contributed by atoms with Crippen LogP contribution >= 0.6 is 0 Å². The molecule has 0 amide bonds. The van der Waals surface area contributed by atoms with Crippen molar-refractivity contribution in [2.24, 2.45) is 0 Å².